The lowest BCUT2D eigenvalue weighted by Gasteiger charge is -2.16. The molecular weight excluding hydrogens is 156 g/mol. The van der Waals surface area contributed by atoms with Gasteiger partial charge in [0.1, 0.15) is 0 Å². The number of carbonyl (C=O) groups excluding carboxylic acids is 1. The van der Waals surface area contributed by atoms with E-state index in [1.54, 1.807) is 0 Å². The molecular formula is C8H14N2O2. The Hall–Kier alpha value is -0.610. The highest BCUT2D eigenvalue weighted by Crippen LogP contribution is 2.21. The second-order valence-corrected chi connectivity index (χ2v) is 3.20. The standard InChI is InChI=1S/C8H14N2O2/c1-2-12-8(11)7-9-3-4-10(7)6-5-9/h7H,2-6H2,1H3. The van der Waals surface area contributed by atoms with Gasteiger partial charge in [0.2, 0.25) is 0 Å². The Kier molecular flexibility index (Phi) is 2.02. The molecule has 2 aliphatic rings. The molecule has 2 fully saturated rings. The van der Waals surface area contributed by atoms with Crippen LogP contribution < -0.4 is 0 Å². The van der Waals surface area contributed by atoms with Crippen molar-refractivity contribution in [2.75, 3.05) is 32.8 Å². The number of carbonyl (C=O) groups is 1. The van der Waals surface area contributed by atoms with E-state index in [0.29, 0.717) is 6.61 Å². The Morgan fingerprint density at radius 2 is 1.83 bits per heavy atom. The molecule has 2 rings (SSSR count). The SMILES string of the molecule is CCOC(=O)C1N2CCN1CC2. The molecule has 0 spiro atoms. The van der Waals surface area contributed by atoms with Gasteiger partial charge >= 0.3 is 5.97 Å². The van der Waals surface area contributed by atoms with E-state index in [1.807, 2.05) is 6.92 Å². The fraction of sp³-hybridized carbons (Fsp3) is 0.875. The lowest BCUT2D eigenvalue weighted by atomic mass is 10.4. The van der Waals surface area contributed by atoms with Crippen LogP contribution in [0.15, 0.2) is 0 Å². The van der Waals surface area contributed by atoms with Gasteiger partial charge in [-0.1, -0.05) is 0 Å². The van der Waals surface area contributed by atoms with Crippen molar-refractivity contribution in [3.8, 4) is 0 Å². The molecule has 0 aromatic heterocycles. The Labute approximate surface area is 72.1 Å². The van der Waals surface area contributed by atoms with E-state index in [2.05, 4.69) is 9.80 Å². The minimum Gasteiger partial charge on any atom is -0.464 e. The molecule has 0 N–H and O–H groups in total. The number of fused-ring (bicyclic) bond motifs is 2. The smallest absolute Gasteiger partial charge is 0.338 e. The maximum Gasteiger partial charge on any atom is 0.338 e. The Morgan fingerprint density at radius 1 is 1.33 bits per heavy atom. The van der Waals surface area contributed by atoms with Crippen LogP contribution in [0.3, 0.4) is 0 Å². The van der Waals surface area contributed by atoms with Gasteiger partial charge in [-0.3, -0.25) is 9.80 Å². The maximum absolute atomic E-state index is 11.4. The third-order valence-corrected chi connectivity index (χ3v) is 2.54. The van der Waals surface area contributed by atoms with Gasteiger partial charge in [0.25, 0.3) is 0 Å². The highest BCUT2D eigenvalue weighted by Gasteiger charge is 2.42. The van der Waals surface area contributed by atoms with Gasteiger partial charge in [-0.15, -0.1) is 0 Å². The topological polar surface area (TPSA) is 32.8 Å². The van der Waals surface area contributed by atoms with Crippen molar-refractivity contribution in [3.63, 3.8) is 0 Å². The van der Waals surface area contributed by atoms with Gasteiger partial charge in [-0.2, -0.15) is 0 Å². The van der Waals surface area contributed by atoms with Gasteiger partial charge in [-0.25, -0.2) is 4.79 Å². The van der Waals surface area contributed by atoms with Gasteiger partial charge in [0.05, 0.1) is 6.61 Å². The minimum atomic E-state index is -0.0764. The summed E-state index contributed by atoms with van der Waals surface area (Å²) in [5.41, 5.74) is 0. The molecule has 0 aromatic carbocycles. The normalized spacial score (nSPS) is 38.6. The average molecular weight is 170 g/mol. The first-order valence-corrected chi connectivity index (χ1v) is 4.47. The van der Waals surface area contributed by atoms with Crippen LogP contribution >= 0.6 is 0 Å². The quantitative estimate of drug-likeness (QED) is 0.523. The number of nitrogens with zero attached hydrogens (tertiary/aromatic N) is 2. The number of hydrogen-bond donors (Lipinski definition) is 0. The molecule has 12 heavy (non-hydrogen) atoms. The van der Waals surface area contributed by atoms with Crippen molar-refractivity contribution in [3.05, 3.63) is 0 Å². The van der Waals surface area contributed by atoms with E-state index in [0.717, 1.165) is 26.2 Å². The molecule has 68 valence electrons. The summed E-state index contributed by atoms with van der Waals surface area (Å²) >= 11 is 0. The van der Waals surface area contributed by atoms with Crippen molar-refractivity contribution in [2.24, 2.45) is 0 Å². The molecule has 0 unspecified atom stereocenters. The Bertz CT molecular complexity index is 175. The molecule has 0 aliphatic carbocycles. The predicted molar refractivity (Wildman–Crippen MR) is 43.6 cm³/mol. The van der Waals surface area contributed by atoms with E-state index in [1.165, 1.54) is 0 Å². The van der Waals surface area contributed by atoms with Crippen molar-refractivity contribution in [1.29, 1.82) is 0 Å². The molecule has 0 saturated carbocycles. The zero-order valence-corrected chi connectivity index (χ0v) is 7.32. The predicted octanol–water partition coefficient (Wildman–Crippen LogP) is -0.493. The van der Waals surface area contributed by atoms with Gasteiger partial charge < -0.3 is 4.74 Å². The zero-order valence-electron chi connectivity index (χ0n) is 7.32. The highest BCUT2D eigenvalue weighted by atomic mass is 16.5. The van der Waals surface area contributed by atoms with Gasteiger partial charge in [0.15, 0.2) is 6.17 Å². The molecule has 4 nitrogen and oxygen atoms in total. The number of piperazine rings is 1. The first kappa shape index (κ1) is 8.01. The molecule has 0 amide bonds. The number of ether oxygens (including phenoxy) is 1. The zero-order chi connectivity index (χ0) is 8.55. The van der Waals surface area contributed by atoms with Crippen LogP contribution in [-0.4, -0.2) is 54.7 Å². The first-order chi connectivity index (χ1) is 5.83. The van der Waals surface area contributed by atoms with Gasteiger partial charge in [-0.05, 0) is 6.92 Å². The first-order valence-electron chi connectivity index (χ1n) is 4.47. The second-order valence-electron chi connectivity index (χ2n) is 3.20. The van der Waals surface area contributed by atoms with E-state index in [-0.39, 0.29) is 12.1 Å². The van der Waals surface area contributed by atoms with Crippen molar-refractivity contribution in [2.45, 2.75) is 13.1 Å². The molecule has 0 aromatic rings. The summed E-state index contributed by atoms with van der Waals surface area (Å²) in [6.07, 6.45) is -0.0649. The molecule has 2 bridgehead atoms. The summed E-state index contributed by atoms with van der Waals surface area (Å²) in [5.74, 6) is -0.0764. The molecule has 4 heteroatoms. The lowest BCUT2D eigenvalue weighted by Crippen LogP contribution is -2.37. The van der Waals surface area contributed by atoms with Crippen LogP contribution in [0.2, 0.25) is 0 Å². The van der Waals surface area contributed by atoms with Crippen LogP contribution in [0.1, 0.15) is 6.92 Å². The maximum atomic E-state index is 11.4. The summed E-state index contributed by atoms with van der Waals surface area (Å²) < 4.78 is 4.98. The van der Waals surface area contributed by atoms with Crippen molar-refractivity contribution >= 4 is 5.97 Å². The minimum absolute atomic E-state index is 0.0649. The number of esters is 1. The summed E-state index contributed by atoms with van der Waals surface area (Å²) in [6, 6.07) is 0. The number of rotatable bonds is 2. The van der Waals surface area contributed by atoms with E-state index >= 15 is 0 Å². The molecule has 2 aliphatic heterocycles. The molecule has 2 saturated heterocycles. The van der Waals surface area contributed by atoms with Crippen LogP contribution in [0, 0.1) is 0 Å². The number of hydrogen-bond acceptors (Lipinski definition) is 4. The second kappa shape index (κ2) is 3.03. The Balaban J connectivity index is 2.00. The van der Waals surface area contributed by atoms with E-state index < -0.39 is 0 Å². The van der Waals surface area contributed by atoms with Crippen LogP contribution in [0.4, 0.5) is 0 Å². The monoisotopic (exact) mass is 170 g/mol. The van der Waals surface area contributed by atoms with Crippen LogP contribution in [0.5, 0.6) is 0 Å². The summed E-state index contributed by atoms with van der Waals surface area (Å²) in [6.45, 7) is 6.40. The fourth-order valence-corrected chi connectivity index (χ4v) is 1.97. The largest absolute Gasteiger partial charge is 0.464 e. The molecule has 2 heterocycles. The van der Waals surface area contributed by atoms with Crippen molar-refractivity contribution < 1.29 is 9.53 Å². The molecule has 0 atom stereocenters. The van der Waals surface area contributed by atoms with Crippen molar-refractivity contribution in [1.82, 2.24) is 9.80 Å². The highest BCUT2D eigenvalue weighted by molar-refractivity contribution is 5.76. The van der Waals surface area contributed by atoms with Crippen LogP contribution in [-0.2, 0) is 9.53 Å². The summed E-state index contributed by atoms with van der Waals surface area (Å²) in [7, 11) is 0. The molecule has 0 radical (unpaired) electrons. The third-order valence-electron chi connectivity index (χ3n) is 2.54. The van der Waals surface area contributed by atoms with Gasteiger partial charge in [0, 0.05) is 26.2 Å². The lowest BCUT2D eigenvalue weighted by molar-refractivity contribution is -0.150. The van der Waals surface area contributed by atoms with E-state index in [9.17, 15) is 4.79 Å². The summed E-state index contributed by atoms with van der Waals surface area (Å²) in [5, 5.41) is 0. The summed E-state index contributed by atoms with van der Waals surface area (Å²) in [4.78, 5) is 15.8. The average Bonchev–Trinajstić information content (AvgIpc) is 2.62. The Morgan fingerprint density at radius 3 is 2.25 bits per heavy atom. The third kappa shape index (κ3) is 1.11. The van der Waals surface area contributed by atoms with Crippen LogP contribution in [0.25, 0.3) is 0 Å². The fourth-order valence-electron chi connectivity index (χ4n) is 1.97. The van der Waals surface area contributed by atoms with E-state index in [4.69, 9.17) is 4.74 Å².